The van der Waals surface area contributed by atoms with Crippen molar-refractivity contribution in [3.8, 4) is 0 Å². The van der Waals surface area contributed by atoms with E-state index in [9.17, 15) is 0 Å². The maximum atomic E-state index is 5.74. The minimum Gasteiger partial charge on any atom is -0.368 e. The van der Waals surface area contributed by atoms with Crippen LogP contribution in [0.3, 0.4) is 0 Å². The summed E-state index contributed by atoms with van der Waals surface area (Å²) < 4.78 is 0. The molecule has 2 heteroatoms. The third-order valence-electron chi connectivity index (χ3n) is 3.42. The van der Waals surface area contributed by atoms with E-state index in [-0.39, 0.29) is 0 Å². The second kappa shape index (κ2) is 7.42. The molecule has 0 bridgehead atoms. The Kier molecular flexibility index (Phi) is 6.20. The summed E-state index contributed by atoms with van der Waals surface area (Å²) >= 11 is 0. The number of benzene rings is 1. The zero-order chi connectivity index (χ0) is 13.5. The second-order valence-corrected chi connectivity index (χ2v) is 5.39. The number of hydrogen-bond acceptors (Lipinski definition) is 2. The second-order valence-electron chi connectivity index (χ2n) is 5.39. The van der Waals surface area contributed by atoms with E-state index < -0.39 is 0 Å². The molecule has 0 spiro atoms. The monoisotopic (exact) mass is 248 g/mol. The topological polar surface area (TPSA) is 29.3 Å². The summed E-state index contributed by atoms with van der Waals surface area (Å²) in [5.74, 6) is 0.673. The maximum Gasteiger partial charge on any atom is 0.0372 e. The fourth-order valence-electron chi connectivity index (χ4n) is 2.45. The first-order valence-electron chi connectivity index (χ1n) is 7.17. The van der Waals surface area contributed by atoms with Crippen LogP contribution < -0.4 is 10.6 Å². The van der Waals surface area contributed by atoms with Crippen LogP contribution in [-0.4, -0.2) is 12.6 Å². The van der Waals surface area contributed by atoms with Crippen LogP contribution in [0.1, 0.15) is 46.1 Å². The molecule has 0 aliphatic rings. The molecule has 0 unspecified atom stereocenters. The quantitative estimate of drug-likeness (QED) is 0.795. The molecule has 2 nitrogen and oxygen atoms in total. The SMILES string of the molecule is CCC(CC)N(CC(C)C)c1cccc(CN)c1. The van der Waals surface area contributed by atoms with Crippen molar-refractivity contribution >= 4 is 5.69 Å². The Balaban J connectivity index is 2.99. The highest BCUT2D eigenvalue weighted by Crippen LogP contribution is 2.23. The van der Waals surface area contributed by atoms with Crippen LogP contribution in [0.2, 0.25) is 0 Å². The van der Waals surface area contributed by atoms with Gasteiger partial charge in [0.15, 0.2) is 0 Å². The molecule has 0 saturated carbocycles. The Bertz CT molecular complexity index is 343. The van der Waals surface area contributed by atoms with Gasteiger partial charge in [0.1, 0.15) is 0 Å². The Morgan fingerprint density at radius 2 is 1.83 bits per heavy atom. The number of hydrogen-bond donors (Lipinski definition) is 1. The van der Waals surface area contributed by atoms with Gasteiger partial charge in [0.2, 0.25) is 0 Å². The lowest BCUT2D eigenvalue weighted by atomic mass is 10.1. The highest BCUT2D eigenvalue weighted by Gasteiger charge is 2.16. The largest absolute Gasteiger partial charge is 0.368 e. The lowest BCUT2D eigenvalue weighted by Crippen LogP contribution is -2.37. The molecule has 1 aromatic carbocycles. The average Bonchev–Trinajstić information content (AvgIpc) is 2.38. The molecule has 18 heavy (non-hydrogen) atoms. The van der Waals surface area contributed by atoms with E-state index in [1.54, 1.807) is 0 Å². The van der Waals surface area contributed by atoms with Crippen LogP contribution in [0.25, 0.3) is 0 Å². The number of anilines is 1. The first kappa shape index (κ1) is 15.0. The standard InChI is InChI=1S/C16H28N2/c1-5-15(6-2)18(12-13(3)4)16-9-7-8-14(10-16)11-17/h7-10,13,15H,5-6,11-12,17H2,1-4H3. The molecule has 1 aromatic rings. The lowest BCUT2D eigenvalue weighted by molar-refractivity contribution is 0.507. The Hall–Kier alpha value is -1.02. The summed E-state index contributed by atoms with van der Waals surface area (Å²) in [4.78, 5) is 2.55. The van der Waals surface area contributed by atoms with Crippen molar-refractivity contribution in [3.05, 3.63) is 29.8 Å². The van der Waals surface area contributed by atoms with Gasteiger partial charge in [-0.3, -0.25) is 0 Å². The Morgan fingerprint density at radius 1 is 1.17 bits per heavy atom. The fraction of sp³-hybridized carbons (Fsp3) is 0.625. The summed E-state index contributed by atoms with van der Waals surface area (Å²) in [5, 5.41) is 0. The number of rotatable bonds is 7. The molecule has 0 saturated heterocycles. The molecule has 0 amide bonds. The Morgan fingerprint density at radius 3 is 2.33 bits per heavy atom. The van der Waals surface area contributed by atoms with Gasteiger partial charge >= 0.3 is 0 Å². The van der Waals surface area contributed by atoms with E-state index in [1.165, 1.54) is 24.1 Å². The molecular weight excluding hydrogens is 220 g/mol. The predicted octanol–water partition coefficient (Wildman–Crippen LogP) is 3.80. The first-order chi connectivity index (χ1) is 8.62. The third-order valence-corrected chi connectivity index (χ3v) is 3.42. The first-order valence-corrected chi connectivity index (χ1v) is 7.17. The van der Waals surface area contributed by atoms with Gasteiger partial charge in [-0.2, -0.15) is 0 Å². The zero-order valence-corrected chi connectivity index (χ0v) is 12.3. The molecule has 0 atom stereocenters. The van der Waals surface area contributed by atoms with Gasteiger partial charge in [-0.05, 0) is 36.5 Å². The van der Waals surface area contributed by atoms with E-state index in [0.29, 0.717) is 18.5 Å². The van der Waals surface area contributed by atoms with Crippen molar-refractivity contribution in [1.82, 2.24) is 0 Å². The van der Waals surface area contributed by atoms with Crippen LogP contribution in [0.5, 0.6) is 0 Å². The fourth-order valence-corrected chi connectivity index (χ4v) is 2.45. The maximum absolute atomic E-state index is 5.74. The van der Waals surface area contributed by atoms with Gasteiger partial charge in [0, 0.05) is 24.8 Å². The van der Waals surface area contributed by atoms with Crippen LogP contribution >= 0.6 is 0 Å². The highest BCUT2D eigenvalue weighted by atomic mass is 15.2. The molecule has 102 valence electrons. The van der Waals surface area contributed by atoms with Gasteiger partial charge in [-0.1, -0.05) is 39.8 Å². The molecular formula is C16H28N2. The summed E-state index contributed by atoms with van der Waals surface area (Å²) in [5.41, 5.74) is 8.28. The molecule has 0 heterocycles. The molecule has 0 radical (unpaired) electrons. The van der Waals surface area contributed by atoms with Crippen LogP contribution in [-0.2, 0) is 6.54 Å². The average molecular weight is 248 g/mol. The van der Waals surface area contributed by atoms with Gasteiger partial charge in [0.25, 0.3) is 0 Å². The van der Waals surface area contributed by atoms with Crippen molar-refractivity contribution in [1.29, 1.82) is 0 Å². The lowest BCUT2D eigenvalue weighted by Gasteiger charge is -2.34. The molecule has 2 N–H and O–H groups in total. The molecule has 0 aliphatic heterocycles. The predicted molar refractivity (Wildman–Crippen MR) is 80.9 cm³/mol. The van der Waals surface area contributed by atoms with Crippen molar-refractivity contribution in [3.63, 3.8) is 0 Å². The summed E-state index contributed by atoms with van der Waals surface area (Å²) in [7, 11) is 0. The minimum atomic E-state index is 0.617. The van der Waals surface area contributed by atoms with Crippen LogP contribution in [0.4, 0.5) is 5.69 Å². The highest BCUT2D eigenvalue weighted by molar-refractivity contribution is 5.49. The molecule has 0 aliphatic carbocycles. The molecule has 0 aromatic heterocycles. The van der Waals surface area contributed by atoms with Gasteiger partial charge in [-0.25, -0.2) is 0 Å². The zero-order valence-electron chi connectivity index (χ0n) is 12.3. The van der Waals surface area contributed by atoms with E-state index in [1.807, 2.05) is 0 Å². The van der Waals surface area contributed by atoms with E-state index in [2.05, 4.69) is 56.9 Å². The van der Waals surface area contributed by atoms with E-state index in [4.69, 9.17) is 5.73 Å². The summed E-state index contributed by atoms with van der Waals surface area (Å²) in [6.07, 6.45) is 2.38. The summed E-state index contributed by atoms with van der Waals surface area (Å²) in [6, 6.07) is 9.29. The van der Waals surface area contributed by atoms with Crippen LogP contribution in [0.15, 0.2) is 24.3 Å². The van der Waals surface area contributed by atoms with Crippen molar-refractivity contribution in [2.24, 2.45) is 11.7 Å². The van der Waals surface area contributed by atoms with Crippen molar-refractivity contribution < 1.29 is 0 Å². The van der Waals surface area contributed by atoms with Gasteiger partial charge in [0.05, 0.1) is 0 Å². The third kappa shape index (κ3) is 4.02. The minimum absolute atomic E-state index is 0.617. The van der Waals surface area contributed by atoms with Gasteiger partial charge < -0.3 is 10.6 Å². The Labute approximate surface area is 112 Å². The smallest absolute Gasteiger partial charge is 0.0372 e. The molecule has 0 fully saturated rings. The van der Waals surface area contributed by atoms with Crippen molar-refractivity contribution in [2.75, 3.05) is 11.4 Å². The van der Waals surface area contributed by atoms with Gasteiger partial charge in [-0.15, -0.1) is 0 Å². The normalized spacial score (nSPS) is 11.3. The van der Waals surface area contributed by atoms with E-state index in [0.717, 1.165) is 6.54 Å². The van der Waals surface area contributed by atoms with E-state index >= 15 is 0 Å². The molecule has 1 rings (SSSR count). The van der Waals surface area contributed by atoms with Crippen LogP contribution in [0, 0.1) is 5.92 Å². The number of nitrogens with zero attached hydrogens (tertiary/aromatic N) is 1. The summed E-state index contributed by atoms with van der Waals surface area (Å²) in [6.45, 7) is 10.8. The van der Waals surface area contributed by atoms with Crippen molar-refractivity contribution in [2.45, 2.75) is 53.1 Å². The number of nitrogens with two attached hydrogens (primary N) is 1.